The van der Waals surface area contributed by atoms with Crippen molar-refractivity contribution in [2.45, 2.75) is 103 Å². The molecule has 5 N–H and O–H groups in total. The largest absolute Gasteiger partial charge is 0.393 e. The highest BCUT2D eigenvalue weighted by molar-refractivity contribution is 7.85. The Bertz CT molecular complexity index is 822. The number of hydrogen-bond acceptors (Lipinski definition) is 6. The Morgan fingerprint density at radius 1 is 0.971 bits per heavy atom. The lowest BCUT2D eigenvalue weighted by molar-refractivity contribution is -0.174. The number of fused-ring (bicyclic) bond motifs is 5. The second-order valence-corrected chi connectivity index (χ2v) is 14.3. The van der Waals surface area contributed by atoms with Crippen molar-refractivity contribution in [3.63, 3.8) is 0 Å². The van der Waals surface area contributed by atoms with E-state index in [1.165, 1.54) is 25.7 Å². The van der Waals surface area contributed by atoms with Crippen LogP contribution >= 0.6 is 0 Å². The van der Waals surface area contributed by atoms with Gasteiger partial charge < -0.3 is 15.3 Å². The first kappa shape index (κ1) is 26.8. The zero-order valence-electron chi connectivity index (χ0n) is 21.2. The predicted molar refractivity (Wildman–Crippen MR) is 131 cm³/mol. The molecule has 0 heterocycles. The van der Waals surface area contributed by atoms with Gasteiger partial charge in [0.05, 0.1) is 18.0 Å². The summed E-state index contributed by atoms with van der Waals surface area (Å²) < 4.78 is 30.6. The molecule has 4 rings (SSSR count). The van der Waals surface area contributed by atoms with Crippen LogP contribution in [0.5, 0.6) is 0 Å². The lowest BCUT2D eigenvalue weighted by atomic mass is 9.43. The molecule has 0 bridgehead atoms. The Balaban J connectivity index is 1.38. The van der Waals surface area contributed by atoms with Gasteiger partial charge in [-0.05, 0) is 111 Å². The third-order valence-electron chi connectivity index (χ3n) is 11.1. The monoisotopic (exact) mass is 501 g/mol. The van der Waals surface area contributed by atoms with Crippen molar-refractivity contribution in [2.75, 3.05) is 12.3 Å². The summed E-state index contributed by atoms with van der Waals surface area (Å²) in [6.07, 6.45) is 8.54. The van der Waals surface area contributed by atoms with Crippen molar-refractivity contribution < 1.29 is 28.3 Å². The Hall–Kier alpha value is -0.250. The molecular weight excluding hydrogens is 454 g/mol. The molecule has 7 nitrogen and oxygen atoms in total. The van der Waals surface area contributed by atoms with Crippen molar-refractivity contribution in [3.8, 4) is 0 Å². The van der Waals surface area contributed by atoms with Gasteiger partial charge in [-0.25, -0.2) is 0 Å². The second kappa shape index (κ2) is 9.90. The van der Waals surface area contributed by atoms with Crippen LogP contribution in [0.15, 0.2) is 0 Å². The lowest BCUT2D eigenvalue weighted by Gasteiger charge is -2.62. The van der Waals surface area contributed by atoms with Crippen LogP contribution in [0.3, 0.4) is 0 Å². The van der Waals surface area contributed by atoms with Crippen LogP contribution in [-0.2, 0) is 10.1 Å². The van der Waals surface area contributed by atoms with Gasteiger partial charge in [0, 0.05) is 6.54 Å². The van der Waals surface area contributed by atoms with Crippen LogP contribution in [0.25, 0.3) is 0 Å². The fourth-order valence-electron chi connectivity index (χ4n) is 9.25. The molecule has 4 fully saturated rings. The van der Waals surface area contributed by atoms with Crippen molar-refractivity contribution in [2.24, 2.45) is 46.3 Å². The molecule has 0 spiro atoms. The van der Waals surface area contributed by atoms with Crippen LogP contribution in [0.2, 0.25) is 0 Å². The van der Waals surface area contributed by atoms with E-state index in [1.807, 2.05) is 0 Å². The molecule has 34 heavy (non-hydrogen) atoms. The SMILES string of the molecule is C[C@H](CCC(O)NCCS(=O)(=O)O)[C@H]1CCC2C3C(CC[C@@]21C)[C@@]1(C)CC[C@@H](O)CC1C[C@@H]3O. The molecule has 198 valence electrons. The van der Waals surface area contributed by atoms with Crippen molar-refractivity contribution in [3.05, 3.63) is 0 Å². The smallest absolute Gasteiger partial charge is 0.266 e. The highest BCUT2D eigenvalue weighted by Crippen LogP contribution is 2.68. The minimum absolute atomic E-state index is 0.0370. The molecule has 0 aromatic heterocycles. The third-order valence-corrected chi connectivity index (χ3v) is 11.8. The van der Waals surface area contributed by atoms with E-state index in [0.29, 0.717) is 41.9 Å². The van der Waals surface area contributed by atoms with E-state index < -0.39 is 22.1 Å². The van der Waals surface area contributed by atoms with Gasteiger partial charge in [-0.1, -0.05) is 20.8 Å². The number of nitrogens with one attached hydrogen (secondary N) is 1. The zero-order chi connectivity index (χ0) is 24.9. The van der Waals surface area contributed by atoms with E-state index >= 15 is 0 Å². The van der Waals surface area contributed by atoms with E-state index in [-0.39, 0.29) is 29.6 Å². The quantitative estimate of drug-likeness (QED) is 0.255. The number of hydrogen-bond donors (Lipinski definition) is 5. The highest BCUT2D eigenvalue weighted by Gasteiger charge is 2.62. The zero-order valence-corrected chi connectivity index (χ0v) is 22.0. The summed E-state index contributed by atoms with van der Waals surface area (Å²) in [5.41, 5.74) is 0.453. The van der Waals surface area contributed by atoms with Gasteiger partial charge in [-0.15, -0.1) is 0 Å². The molecule has 0 aromatic carbocycles. The Morgan fingerprint density at radius 2 is 1.65 bits per heavy atom. The summed E-state index contributed by atoms with van der Waals surface area (Å²) in [7, 11) is -4.02. The average Bonchev–Trinajstić information content (AvgIpc) is 3.09. The first-order chi connectivity index (χ1) is 15.8. The van der Waals surface area contributed by atoms with E-state index in [0.717, 1.165) is 32.1 Å². The van der Waals surface area contributed by atoms with Crippen LogP contribution in [0, 0.1) is 46.3 Å². The van der Waals surface area contributed by atoms with Gasteiger partial charge in [0.25, 0.3) is 10.1 Å². The molecule has 0 aromatic rings. The maximum Gasteiger partial charge on any atom is 0.266 e. The molecule has 5 unspecified atom stereocenters. The summed E-state index contributed by atoms with van der Waals surface area (Å²) in [5.74, 6) is 2.49. The van der Waals surface area contributed by atoms with Gasteiger partial charge in [-0.2, -0.15) is 8.42 Å². The predicted octanol–water partition coefficient (Wildman–Crippen LogP) is 3.19. The van der Waals surface area contributed by atoms with Gasteiger partial charge in [0.1, 0.15) is 6.23 Å². The minimum atomic E-state index is -4.02. The second-order valence-electron chi connectivity index (χ2n) is 12.8. The molecule has 4 aliphatic rings. The first-order valence-electron chi connectivity index (χ1n) is 13.6. The molecular formula is C26H47NO6S. The third kappa shape index (κ3) is 5.10. The standard InChI is InChI=1S/C26H47NO6S/c1-16(4-7-23(30)27-12-13-34(31,32)33)19-5-6-20-24-21(9-11-26(19,20)3)25(2)10-8-18(28)14-17(25)15-22(24)29/h16-24,27-30H,4-15H2,1-3H3,(H,31,32,33)/t16-,17?,18-,19-,20?,21?,22+,23?,24?,25+,26-/m1/s1. The Labute approximate surface area is 205 Å². The normalized spacial score (nSPS) is 46.3. The molecule has 0 radical (unpaired) electrons. The minimum Gasteiger partial charge on any atom is -0.393 e. The van der Waals surface area contributed by atoms with Gasteiger partial charge >= 0.3 is 0 Å². The first-order valence-corrected chi connectivity index (χ1v) is 15.2. The molecule has 4 saturated carbocycles. The van der Waals surface area contributed by atoms with Gasteiger partial charge in [-0.3, -0.25) is 9.87 Å². The summed E-state index contributed by atoms with van der Waals surface area (Å²) in [4.78, 5) is 0. The van der Waals surface area contributed by atoms with Gasteiger partial charge in [0.15, 0.2) is 0 Å². The van der Waals surface area contributed by atoms with E-state index in [1.54, 1.807) is 0 Å². The molecule has 11 atom stereocenters. The number of aliphatic hydroxyl groups excluding tert-OH is 3. The lowest BCUT2D eigenvalue weighted by Crippen LogP contribution is -2.58. The summed E-state index contributed by atoms with van der Waals surface area (Å²) in [5, 5.41) is 34.7. The highest BCUT2D eigenvalue weighted by atomic mass is 32.2. The maximum atomic E-state index is 11.4. The molecule has 4 aliphatic carbocycles. The summed E-state index contributed by atoms with van der Waals surface area (Å²) in [6, 6.07) is 0. The van der Waals surface area contributed by atoms with Crippen LogP contribution < -0.4 is 5.32 Å². The van der Waals surface area contributed by atoms with Crippen LogP contribution in [0.1, 0.15) is 85.0 Å². The van der Waals surface area contributed by atoms with Crippen molar-refractivity contribution >= 4 is 10.1 Å². The average molecular weight is 502 g/mol. The number of rotatable bonds is 8. The van der Waals surface area contributed by atoms with E-state index in [2.05, 4.69) is 26.1 Å². The van der Waals surface area contributed by atoms with E-state index in [9.17, 15) is 23.7 Å². The van der Waals surface area contributed by atoms with Crippen LogP contribution in [-0.4, -0.2) is 59.0 Å². The topological polar surface area (TPSA) is 127 Å². The van der Waals surface area contributed by atoms with Crippen molar-refractivity contribution in [1.82, 2.24) is 5.32 Å². The fraction of sp³-hybridized carbons (Fsp3) is 1.00. The maximum absolute atomic E-state index is 11.4. The molecule has 0 saturated heterocycles. The van der Waals surface area contributed by atoms with E-state index in [4.69, 9.17) is 4.55 Å². The van der Waals surface area contributed by atoms with Crippen molar-refractivity contribution in [1.29, 1.82) is 0 Å². The van der Waals surface area contributed by atoms with Gasteiger partial charge in [0.2, 0.25) is 0 Å². The molecule has 0 aliphatic heterocycles. The fourth-order valence-corrected chi connectivity index (χ4v) is 9.63. The van der Waals surface area contributed by atoms with Crippen LogP contribution in [0.4, 0.5) is 0 Å². The number of aliphatic hydroxyl groups is 3. The summed E-state index contributed by atoms with van der Waals surface area (Å²) >= 11 is 0. The Kier molecular flexibility index (Phi) is 7.80. The Morgan fingerprint density at radius 3 is 2.35 bits per heavy atom. The summed E-state index contributed by atoms with van der Waals surface area (Å²) in [6.45, 7) is 7.22. The molecule has 8 heteroatoms. The molecule has 0 amide bonds.